The van der Waals surface area contributed by atoms with Gasteiger partial charge in [0, 0.05) is 6.20 Å². The highest BCUT2D eigenvalue weighted by Gasteiger charge is 2.20. The van der Waals surface area contributed by atoms with Crippen LogP contribution in [0.3, 0.4) is 0 Å². The predicted molar refractivity (Wildman–Crippen MR) is 102 cm³/mol. The summed E-state index contributed by atoms with van der Waals surface area (Å²) in [5.41, 5.74) is 2.57. The molecule has 142 valence electrons. The summed E-state index contributed by atoms with van der Waals surface area (Å²) in [6.45, 7) is 1.17. The van der Waals surface area contributed by atoms with Crippen molar-refractivity contribution in [2.75, 3.05) is 11.9 Å². The zero-order valence-corrected chi connectivity index (χ0v) is 16.1. The van der Waals surface area contributed by atoms with Crippen LogP contribution in [0.4, 0.5) is 5.82 Å². The second-order valence-electron chi connectivity index (χ2n) is 6.18. The summed E-state index contributed by atoms with van der Waals surface area (Å²) >= 11 is 11.7. The summed E-state index contributed by atoms with van der Waals surface area (Å²) in [7, 11) is 0. The minimum absolute atomic E-state index is 0.142. The number of aryl methyl sites for hydroxylation is 2. The SMILES string of the molecule is C[C@@H](OC(=O)COc1ccc2c(c1)CCC2)C(=O)Nc1ncc(Cl)cc1Cl. The molecule has 0 fully saturated rings. The third-order valence-electron chi connectivity index (χ3n) is 4.15. The fourth-order valence-electron chi connectivity index (χ4n) is 2.79. The molecule has 0 saturated carbocycles. The number of nitrogens with zero attached hydrogens (tertiary/aromatic N) is 1. The molecule has 0 spiro atoms. The number of halogens is 2. The minimum atomic E-state index is -1.03. The maximum atomic E-state index is 12.1. The van der Waals surface area contributed by atoms with Gasteiger partial charge in [-0.2, -0.15) is 0 Å². The maximum absolute atomic E-state index is 12.1. The molecule has 0 unspecified atom stereocenters. The Morgan fingerprint density at radius 2 is 2.00 bits per heavy atom. The van der Waals surface area contributed by atoms with Crippen molar-refractivity contribution in [1.29, 1.82) is 0 Å². The lowest BCUT2D eigenvalue weighted by molar-refractivity contribution is -0.155. The number of hydrogen-bond donors (Lipinski definition) is 1. The predicted octanol–water partition coefficient (Wildman–Crippen LogP) is 3.83. The molecule has 1 amide bonds. The molecule has 1 aromatic carbocycles. The molecule has 0 bridgehead atoms. The Morgan fingerprint density at radius 1 is 1.22 bits per heavy atom. The van der Waals surface area contributed by atoms with E-state index in [0.29, 0.717) is 10.8 Å². The Hall–Kier alpha value is -2.31. The number of esters is 1. The van der Waals surface area contributed by atoms with Gasteiger partial charge in [0.2, 0.25) is 0 Å². The standard InChI is InChI=1S/C19H18Cl2N2O4/c1-11(19(25)23-18-16(21)8-14(20)9-22-18)27-17(24)10-26-15-6-5-12-3-2-4-13(12)7-15/h5-9,11H,2-4,10H2,1H3,(H,22,23,25)/t11-/m1/s1. The second kappa shape index (κ2) is 8.59. The van der Waals surface area contributed by atoms with Gasteiger partial charge in [-0.25, -0.2) is 9.78 Å². The molecule has 8 heteroatoms. The molecule has 1 atom stereocenters. The molecule has 6 nitrogen and oxygen atoms in total. The molecule has 27 heavy (non-hydrogen) atoms. The number of amides is 1. The summed E-state index contributed by atoms with van der Waals surface area (Å²) in [4.78, 5) is 28.0. The molecule has 0 aliphatic heterocycles. The van der Waals surface area contributed by atoms with E-state index in [1.165, 1.54) is 30.3 Å². The number of pyridine rings is 1. The van der Waals surface area contributed by atoms with Crippen LogP contribution in [-0.4, -0.2) is 29.6 Å². The van der Waals surface area contributed by atoms with Gasteiger partial charge in [-0.3, -0.25) is 4.79 Å². The van der Waals surface area contributed by atoms with E-state index >= 15 is 0 Å². The molecule has 0 saturated heterocycles. The maximum Gasteiger partial charge on any atom is 0.344 e. The smallest absolute Gasteiger partial charge is 0.344 e. The van der Waals surface area contributed by atoms with Gasteiger partial charge in [0.15, 0.2) is 18.5 Å². The molecular formula is C19H18Cl2N2O4. The zero-order valence-electron chi connectivity index (χ0n) is 14.6. The molecule has 1 heterocycles. The van der Waals surface area contributed by atoms with Crippen LogP contribution in [0.2, 0.25) is 10.0 Å². The van der Waals surface area contributed by atoms with Crippen LogP contribution in [-0.2, 0) is 27.2 Å². The van der Waals surface area contributed by atoms with Crippen molar-refractivity contribution in [2.45, 2.75) is 32.3 Å². The van der Waals surface area contributed by atoms with E-state index in [2.05, 4.69) is 10.3 Å². The van der Waals surface area contributed by atoms with Crippen molar-refractivity contribution >= 4 is 40.9 Å². The summed E-state index contributed by atoms with van der Waals surface area (Å²) < 4.78 is 10.6. The van der Waals surface area contributed by atoms with E-state index in [-0.39, 0.29) is 17.4 Å². The number of benzene rings is 1. The lowest BCUT2D eigenvalue weighted by Gasteiger charge is -2.14. The summed E-state index contributed by atoms with van der Waals surface area (Å²) in [6.07, 6.45) is 3.56. The van der Waals surface area contributed by atoms with Crippen LogP contribution in [0.5, 0.6) is 5.75 Å². The molecule has 2 aromatic rings. The number of rotatable bonds is 6. The van der Waals surface area contributed by atoms with Crippen LogP contribution in [0.15, 0.2) is 30.5 Å². The van der Waals surface area contributed by atoms with Crippen LogP contribution < -0.4 is 10.1 Å². The van der Waals surface area contributed by atoms with E-state index in [1.54, 1.807) is 0 Å². The Morgan fingerprint density at radius 3 is 2.78 bits per heavy atom. The van der Waals surface area contributed by atoms with E-state index in [9.17, 15) is 9.59 Å². The van der Waals surface area contributed by atoms with Crippen molar-refractivity contribution in [3.63, 3.8) is 0 Å². The van der Waals surface area contributed by atoms with Gasteiger partial charge in [-0.1, -0.05) is 29.3 Å². The second-order valence-corrected chi connectivity index (χ2v) is 7.02. The number of anilines is 1. The van der Waals surface area contributed by atoms with Crippen molar-refractivity contribution < 1.29 is 19.1 Å². The first-order chi connectivity index (χ1) is 12.9. The largest absolute Gasteiger partial charge is 0.482 e. The van der Waals surface area contributed by atoms with Gasteiger partial charge < -0.3 is 14.8 Å². The van der Waals surface area contributed by atoms with Crippen LogP contribution in [0.1, 0.15) is 24.5 Å². The number of aromatic nitrogens is 1. The number of fused-ring (bicyclic) bond motifs is 1. The number of carbonyl (C=O) groups is 2. The first-order valence-electron chi connectivity index (χ1n) is 8.48. The highest BCUT2D eigenvalue weighted by atomic mass is 35.5. The van der Waals surface area contributed by atoms with Crippen molar-refractivity contribution in [2.24, 2.45) is 0 Å². The van der Waals surface area contributed by atoms with E-state index in [4.69, 9.17) is 32.7 Å². The van der Waals surface area contributed by atoms with Gasteiger partial charge in [-0.15, -0.1) is 0 Å². The van der Waals surface area contributed by atoms with Crippen molar-refractivity contribution in [1.82, 2.24) is 4.98 Å². The third kappa shape index (κ3) is 5.11. The Bertz CT molecular complexity index is 873. The zero-order chi connectivity index (χ0) is 19.4. The first-order valence-corrected chi connectivity index (χ1v) is 9.24. The monoisotopic (exact) mass is 408 g/mol. The average Bonchev–Trinajstić information content (AvgIpc) is 3.10. The normalized spacial score (nSPS) is 13.6. The summed E-state index contributed by atoms with van der Waals surface area (Å²) in [6, 6.07) is 7.25. The quantitative estimate of drug-likeness (QED) is 0.734. The van der Waals surface area contributed by atoms with Gasteiger partial charge in [0.05, 0.1) is 10.0 Å². The third-order valence-corrected chi connectivity index (χ3v) is 4.65. The van der Waals surface area contributed by atoms with Crippen LogP contribution in [0, 0.1) is 0 Å². The fourth-order valence-corrected chi connectivity index (χ4v) is 3.22. The van der Waals surface area contributed by atoms with E-state index < -0.39 is 18.0 Å². The van der Waals surface area contributed by atoms with E-state index in [1.807, 2.05) is 18.2 Å². The number of ether oxygens (including phenoxy) is 2. The van der Waals surface area contributed by atoms with E-state index in [0.717, 1.165) is 19.3 Å². The molecule has 1 aliphatic rings. The number of nitrogens with one attached hydrogen (secondary N) is 1. The highest BCUT2D eigenvalue weighted by molar-refractivity contribution is 6.36. The first kappa shape index (κ1) is 19.5. The lowest BCUT2D eigenvalue weighted by Crippen LogP contribution is -2.32. The summed E-state index contributed by atoms with van der Waals surface area (Å²) in [5.74, 6) is -0.448. The summed E-state index contributed by atoms with van der Waals surface area (Å²) in [5, 5.41) is 3.02. The Kier molecular flexibility index (Phi) is 6.19. The van der Waals surface area contributed by atoms with Gasteiger partial charge in [0.25, 0.3) is 5.91 Å². The molecule has 1 N–H and O–H groups in total. The van der Waals surface area contributed by atoms with Crippen molar-refractivity contribution in [3.8, 4) is 5.75 Å². The van der Waals surface area contributed by atoms with Crippen LogP contribution in [0.25, 0.3) is 0 Å². The molecule has 1 aliphatic carbocycles. The molecule has 0 radical (unpaired) electrons. The fraction of sp³-hybridized carbons (Fsp3) is 0.316. The van der Waals surface area contributed by atoms with Gasteiger partial charge >= 0.3 is 5.97 Å². The molecule has 3 rings (SSSR count). The molecule has 1 aromatic heterocycles. The Balaban J connectivity index is 1.48. The number of hydrogen-bond acceptors (Lipinski definition) is 5. The minimum Gasteiger partial charge on any atom is -0.482 e. The van der Waals surface area contributed by atoms with Crippen LogP contribution >= 0.6 is 23.2 Å². The number of carbonyl (C=O) groups excluding carboxylic acids is 2. The average molecular weight is 409 g/mol. The van der Waals surface area contributed by atoms with Gasteiger partial charge in [0.1, 0.15) is 5.75 Å². The van der Waals surface area contributed by atoms with Gasteiger partial charge in [-0.05, 0) is 55.5 Å². The molecular weight excluding hydrogens is 391 g/mol. The van der Waals surface area contributed by atoms with Crippen molar-refractivity contribution in [3.05, 3.63) is 51.6 Å². The topological polar surface area (TPSA) is 77.5 Å². The Labute approximate surface area is 166 Å². The highest BCUT2D eigenvalue weighted by Crippen LogP contribution is 2.26. The lowest BCUT2D eigenvalue weighted by atomic mass is 10.1.